The fourth-order valence-corrected chi connectivity index (χ4v) is 3.92. The molecule has 0 bridgehead atoms. The molecule has 1 aromatic rings. The zero-order valence-corrected chi connectivity index (χ0v) is 15.1. The van der Waals surface area contributed by atoms with Gasteiger partial charge >= 0.3 is 0 Å². The quantitative estimate of drug-likeness (QED) is 0.837. The molecule has 5 nitrogen and oxygen atoms in total. The molecule has 0 aromatic heterocycles. The Morgan fingerprint density at radius 1 is 1.36 bits per heavy atom. The summed E-state index contributed by atoms with van der Waals surface area (Å²) >= 11 is 5.99. The van der Waals surface area contributed by atoms with Gasteiger partial charge in [0.25, 0.3) is 0 Å². The van der Waals surface area contributed by atoms with Crippen molar-refractivity contribution in [1.82, 2.24) is 10.0 Å². The van der Waals surface area contributed by atoms with Crippen LogP contribution in [-0.4, -0.2) is 35.2 Å². The number of halogens is 2. The lowest BCUT2D eigenvalue weighted by Crippen LogP contribution is -2.42. The Morgan fingerprint density at radius 3 is 2.55 bits per heavy atom. The molecule has 22 heavy (non-hydrogen) atoms. The van der Waals surface area contributed by atoms with Crippen LogP contribution in [-0.2, 0) is 10.0 Å². The second-order valence-corrected chi connectivity index (χ2v) is 7.86. The van der Waals surface area contributed by atoms with Gasteiger partial charge in [-0.25, -0.2) is 13.1 Å². The lowest BCUT2D eigenvalue weighted by Gasteiger charge is -2.34. The first-order valence-corrected chi connectivity index (χ1v) is 8.76. The minimum Gasteiger partial charge on any atom is -0.495 e. The summed E-state index contributed by atoms with van der Waals surface area (Å²) in [5, 5.41) is 3.57. The highest BCUT2D eigenvalue weighted by molar-refractivity contribution is 7.89. The maximum absolute atomic E-state index is 12.3. The standard InChI is InChI=1S/C14H21ClN2O3S.ClH/c1-14(5-7-16-8-6-14)10-17-21(18,19)11-3-4-13(20-2)12(15)9-11;/h3-4,9,16-17H,5-8,10H2,1-2H3;1H. The Kier molecular flexibility index (Phi) is 6.95. The van der Waals surface area contributed by atoms with Crippen LogP contribution in [0.25, 0.3) is 0 Å². The smallest absolute Gasteiger partial charge is 0.240 e. The van der Waals surface area contributed by atoms with Crippen LogP contribution >= 0.6 is 24.0 Å². The van der Waals surface area contributed by atoms with Crippen molar-refractivity contribution in [2.24, 2.45) is 5.41 Å². The van der Waals surface area contributed by atoms with E-state index >= 15 is 0 Å². The van der Waals surface area contributed by atoms with Crippen molar-refractivity contribution in [1.29, 1.82) is 0 Å². The van der Waals surface area contributed by atoms with E-state index in [2.05, 4.69) is 17.0 Å². The number of sulfonamides is 1. The van der Waals surface area contributed by atoms with Crippen molar-refractivity contribution in [3.05, 3.63) is 23.2 Å². The summed E-state index contributed by atoms with van der Waals surface area (Å²) in [6, 6.07) is 4.47. The highest BCUT2D eigenvalue weighted by Gasteiger charge is 2.28. The van der Waals surface area contributed by atoms with Gasteiger partial charge in [-0.05, 0) is 49.5 Å². The van der Waals surface area contributed by atoms with Crippen molar-refractivity contribution in [3.8, 4) is 5.75 Å². The fourth-order valence-electron chi connectivity index (χ4n) is 2.37. The summed E-state index contributed by atoms with van der Waals surface area (Å²) in [6.07, 6.45) is 1.91. The SMILES string of the molecule is COc1ccc(S(=O)(=O)NCC2(C)CCNCC2)cc1Cl.Cl. The molecule has 1 aliphatic rings. The van der Waals surface area contributed by atoms with Crippen LogP contribution in [0.5, 0.6) is 5.75 Å². The lowest BCUT2D eigenvalue weighted by atomic mass is 9.81. The minimum absolute atomic E-state index is 0. The van der Waals surface area contributed by atoms with Gasteiger partial charge in [-0.2, -0.15) is 0 Å². The maximum atomic E-state index is 12.3. The van der Waals surface area contributed by atoms with E-state index in [-0.39, 0.29) is 27.7 Å². The van der Waals surface area contributed by atoms with Crippen LogP contribution in [0.3, 0.4) is 0 Å². The lowest BCUT2D eigenvalue weighted by molar-refractivity contribution is 0.232. The van der Waals surface area contributed by atoms with Gasteiger partial charge in [0.15, 0.2) is 0 Å². The number of benzene rings is 1. The zero-order valence-electron chi connectivity index (χ0n) is 12.7. The van der Waals surface area contributed by atoms with Gasteiger partial charge in [0.1, 0.15) is 5.75 Å². The van der Waals surface area contributed by atoms with Crippen LogP contribution in [0.4, 0.5) is 0 Å². The van der Waals surface area contributed by atoms with E-state index in [9.17, 15) is 8.42 Å². The van der Waals surface area contributed by atoms with Gasteiger partial charge in [-0.1, -0.05) is 18.5 Å². The third-order valence-electron chi connectivity index (χ3n) is 3.93. The molecule has 1 aromatic carbocycles. The molecule has 0 unspecified atom stereocenters. The first kappa shape index (κ1) is 19.5. The van der Waals surface area contributed by atoms with E-state index in [1.54, 1.807) is 6.07 Å². The van der Waals surface area contributed by atoms with Gasteiger partial charge in [0.2, 0.25) is 10.0 Å². The zero-order chi connectivity index (χ0) is 15.5. The van der Waals surface area contributed by atoms with Crippen molar-refractivity contribution >= 4 is 34.0 Å². The van der Waals surface area contributed by atoms with Crippen LogP contribution in [0.2, 0.25) is 5.02 Å². The molecule has 1 saturated heterocycles. The molecule has 2 rings (SSSR count). The monoisotopic (exact) mass is 368 g/mol. The third-order valence-corrected chi connectivity index (χ3v) is 5.63. The van der Waals surface area contributed by atoms with Crippen LogP contribution in [0.1, 0.15) is 19.8 Å². The summed E-state index contributed by atoms with van der Waals surface area (Å²) in [5.74, 6) is 0.459. The number of ether oxygens (including phenoxy) is 1. The molecule has 1 fully saturated rings. The van der Waals surface area contributed by atoms with Crippen molar-refractivity contribution in [2.45, 2.75) is 24.7 Å². The Morgan fingerprint density at radius 2 is 2.00 bits per heavy atom. The van der Waals surface area contributed by atoms with E-state index in [0.717, 1.165) is 25.9 Å². The van der Waals surface area contributed by atoms with Crippen molar-refractivity contribution in [2.75, 3.05) is 26.7 Å². The molecule has 0 atom stereocenters. The van der Waals surface area contributed by atoms with Gasteiger partial charge in [-0.15, -0.1) is 12.4 Å². The average Bonchev–Trinajstić information content (AvgIpc) is 2.46. The van der Waals surface area contributed by atoms with Gasteiger partial charge in [0, 0.05) is 6.54 Å². The Labute approximate surface area is 143 Å². The second-order valence-electron chi connectivity index (χ2n) is 5.68. The second kappa shape index (κ2) is 7.84. The molecule has 8 heteroatoms. The summed E-state index contributed by atoms with van der Waals surface area (Å²) in [6.45, 7) is 4.39. The van der Waals surface area contributed by atoms with Crippen LogP contribution in [0.15, 0.2) is 23.1 Å². The normalized spacial score (nSPS) is 17.6. The summed E-state index contributed by atoms with van der Waals surface area (Å²) in [4.78, 5) is 0.158. The first-order valence-electron chi connectivity index (χ1n) is 6.90. The summed E-state index contributed by atoms with van der Waals surface area (Å²) in [5.41, 5.74) is -0.00537. The fraction of sp³-hybridized carbons (Fsp3) is 0.571. The van der Waals surface area contributed by atoms with E-state index < -0.39 is 10.0 Å². The van der Waals surface area contributed by atoms with E-state index in [1.807, 2.05) is 0 Å². The van der Waals surface area contributed by atoms with Gasteiger partial charge in [-0.3, -0.25) is 0 Å². The number of methoxy groups -OCH3 is 1. The van der Waals surface area contributed by atoms with E-state index in [1.165, 1.54) is 19.2 Å². The molecule has 0 saturated carbocycles. The Balaban J connectivity index is 0.00000242. The molecule has 0 amide bonds. The molecule has 0 aliphatic carbocycles. The maximum Gasteiger partial charge on any atom is 0.240 e. The molecule has 1 heterocycles. The highest BCUT2D eigenvalue weighted by Crippen LogP contribution is 2.29. The largest absolute Gasteiger partial charge is 0.495 e. The predicted molar refractivity (Wildman–Crippen MR) is 90.7 cm³/mol. The molecule has 126 valence electrons. The van der Waals surface area contributed by atoms with Crippen molar-refractivity contribution in [3.63, 3.8) is 0 Å². The first-order chi connectivity index (χ1) is 9.86. The van der Waals surface area contributed by atoms with Gasteiger partial charge in [0.05, 0.1) is 17.0 Å². The minimum atomic E-state index is -3.56. The van der Waals surface area contributed by atoms with Crippen LogP contribution < -0.4 is 14.8 Å². The highest BCUT2D eigenvalue weighted by atomic mass is 35.5. The van der Waals surface area contributed by atoms with Crippen LogP contribution in [0, 0.1) is 5.41 Å². The molecule has 1 aliphatic heterocycles. The molecular formula is C14H22Cl2N2O3S. The molecule has 2 N–H and O–H groups in total. The summed E-state index contributed by atoms with van der Waals surface area (Å²) in [7, 11) is -2.06. The number of rotatable bonds is 5. The number of piperidine rings is 1. The summed E-state index contributed by atoms with van der Waals surface area (Å²) < 4.78 is 32.4. The Bertz CT molecular complexity index is 602. The molecule has 0 radical (unpaired) electrons. The Hall–Kier alpha value is -0.530. The van der Waals surface area contributed by atoms with E-state index in [0.29, 0.717) is 12.3 Å². The number of hydrogen-bond acceptors (Lipinski definition) is 4. The molecular weight excluding hydrogens is 347 g/mol. The average molecular weight is 369 g/mol. The topological polar surface area (TPSA) is 67.4 Å². The molecule has 0 spiro atoms. The van der Waals surface area contributed by atoms with Gasteiger partial charge < -0.3 is 10.1 Å². The number of nitrogens with one attached hydrogen (secondary N) is 2. The van der Waals surface area contributed by atoms with E-state index in [4.69, 9.17) is 16.3 Å². The third kappa shape index (κ3) is 4.73. The predicted octanol–water partition coefficient (Wildman–Crippen LogP) is 2.44. The number of hydrogen-bond donors (Lipinski definition) is 2. The van der Waals surface area contributed by atoms with Crippen molar-refractivity contribution < 1.29 is 13.2 Å².